The molecule has 5 nitrogen and oxygen atoms in total. The molecule has 0 radical (unpaired) electrons. The lowest BCUT2D eigenvalue weighted by Crippen LogP contribution is -2.18. The third-order valence-electron chi connectivity index (χ3n) is 4.35. The number of amides is 1. The van der Waals surface area contributed by atoms with Gasteiger partial charge in [-0.1, -0.05) is 30.3 Å². The Kier molecular flexibility index (Phi) is 5.69. The van der Waals surface area contributed by atoms with E-state index in [0.29, 0.717) is 6.42 Å². The maximum absolute atomic E-state index is 11.0. The molecular formula is C20H23N3O2. The Bertz CT molecular complexity index is 824. The number of benzene rings is 2. The molecule has 25 heavy (non-hydrogen) atoms. The predicted molar refractivity (Wildman–Crippen MR) is 99.8 cm³/mol. The van der Waals surface area contributed by atoms with Gasteiger partial charge in [-0.2, -0.15) is 0 Å². The lowest BCUT2D eigenvalue weighted by Gasteiger charge is -2.07. The van der Waals surface area contributed by atoms with Gasteiger partial charge in [0.25, 0.3) is 0 Å². The number of hydrogen-bond donors (Lipinski definition) is 4. The second kappa shape index (κ2) is 8.35. The molecule has 5 heteroatoms. The zero-order valence-electron chi connectivity index (χ0n) is 14.1. The summed E-state index contributed by atoms with van der Waals surface area (Å²) in [6.45, 7) is 0.909. The Morgan fingerprint density at radius 1 is 1.04 bits per heavy atom. The van der Waals surface area contributed by atoms with Crippen molar-refractivity contribution in [3.05, 3.63) is 65.9 Å². The van der Waals surface area contributed by atoms with Crippen LogP contribution in [0.2, 0.25) is 0 Å². The molecule has 3 aromatic rings. The number of aryl methyl sites for hydroxylation is 2. The van der Waals surface area contributed by atoms with Crippen molar-refractivity contribution in [1.29, 1.82) is 0 Å². The van der Waals surface area contributed by atoms with Crippen LogP contribution in [0.3, 0.4) is 0 Å². The first-order chi connectivity index (χ1) is 12.3. The molecule has 1 aromatic heterocycles. The van der Waals surface area contributed by atoms with Crippen LogP contribution in [0.1, 0.15) is 24.0 Å². The van der Waals surface area contributed by atoms with Gasteiger partial charge in [0.05, 0.1) is 0 Å². The van der Waals surface area contributed by atoms with Crippen molar-refractivity contribution in [2.75, 3.05) is 11.9 Å². The predicted octanol–water partition coefficient (Wildman–Crippen LogP) is 3.65. The van der Waals surface area contributed by atoms with Crippen LogP contribution in [0.5, 0.6) is 0 Å². The number of para-hydroxylation sites is 1. The molecule has 0 atom stereocenters. The van der Waals surface area contributed by atoms with E-state index in [2.05, 4.69) is 34.7 Å². The molecule has 0 aliphatic carbocycles. The molecule has 2 aromatic carbocycles. The summed E-state index contributed by atoms with van der Waals surface area (Å²) in [5.41, 5.74) is 6.35. The molecule has 0 saturated heterocycles. The van der Waals surface area contributed by atoms with E-state index < -0.39 is 0 Å². The minimum absolute atomic E-state index is 0.286. The fourth-order valence-electron chi connectivity index (χ4n) is 2.95. The van der Waals surface area contributed by atoms with Crippen LogP contribution in [0.4, 0.5) is 5.69 Å². The summed E-state index contributed by atoms with van der Waals surface area (Å²) in [6.07, 6.45) is 5.09. The Labute approximate surface area is 147 Å². The van der Waals surface area contributed by atoms with Gasteiger partial charge in [0.15, 0.2) is 0 Å². The number of fused-ring (bicyclic) bond motifs is 1. The van der Waals surface area contributed by atoms with Gasteiger partial charge in [-0.3, -0.25) is 10.0 Å². The quantitative estimate of drug-likeness (QED) is 0.288. The van der Waals surface area contributed by atoms with Crippen LogP contribution in [0, 0.1) is 0 Å². The highest BCUT2D eigenvalue weighted by Crippen LogP contribution is 2.19. The number of anilines is 1. The highest BCUT2D eigenvalue weighted by atomic mass is 16.5. The molecule has 130 valence electrons. The van der Waals surface area contributed by atoms with Crippen molar-refractivity contribution in [2.24, 2.45) is 0 Å². The maximum atomic E-state index is 11.0. The number of H-pyrrole nitrogens is 1. The van der Waals surface area contributed by atoms with Crippen molar-refractivity contribution in [3.8, 4) is 0 Å². The van der Waals surface area contributed by atoms with Crippen LogP contribution in [-0.2, 0) is 17.6 Å². The number of carbonyl (C=O) groups is 1. The largest absolute Gasteiger partial charge is 0.385 e. The van der Waals surface area contributed by atoms with Gasteiger partial charge < -0.3 is 10.3 Å². The van der Waals surface area contributed by atoms with E-state index in [1.165, 1.54) is 16.5 Å². The topological polar surface area (TPSA) is 77.2 Å². The molecule has 4 N–H and O–H groups in total. The number of aromatic amines is 1. The summed E-state index contributed by atoms with van der Waals surface area (Å²) >= 11 is 0. The fourth-order valence-corrected chi connectivity index (χ4v) is 2.95. The molecule has 1 heterocycles. The zero-order valence-corrected chi connectivity index (χ0v) is 14.1. The molecule has 0 unspecified atom stereocenters. The van der Waals surface area contributed by atoms with Crippen LogP contribution >= 0.6 is 0 Å². The third kappa shape index (κ3) is 4.61. The second-order valence-electron chi connectivity index (χ2n) is 6.12. The van der Waals surface area contributed by atoms with Gasteiger partial charge in [-0.15, -0.1) is 0 Å². The number of rotatable bonds is 8. The summed E-state index contributed by atoms with van der Waals surface area (Å²) in [5, 5.41) is 13.2. The number of carbonyl (C=O) groups excluding carboxylic acids is 1. The fraction of sp³-hybridized carbons (Fsp3) is 0.250. The lowest BCUT2D eigenvalue weighted by molar-refractivity contribution is -0.129. The molecule has 0 saturated carbocycles. The first kappa shape index (κ1) is 17.0. The van der Waals surface area contributed by atoms with E-state index in [1.807, 2.05) is 30.3 Å². The number of hydroxylamine groups is 1. The van der Waals surface area contributed by atoms with E-state index in [4.69, 9.17) is 5.21 Å². The van der Waals surface area contributed by atoms with Crippen LogP contribution in [-0.4, -0.2) is 22.6 Å². The molecule has 0 bridgehead atoms. The molecule has 3 rings (SSSR count). The van der Waals surface area contributed by atoms with Crippen molar-refractivity contribution in [2.45, 2.75) is 25.7 Å². The summed E-state index contributed by atoms with van der Waals surface area (Å²) < 4.78 is 0. The summed E-state index contributed by atoms with van der Waals surface area (Å²) in [7, 11) is 0. The molecule has 1 amide bonds. The highest BCUT2D eigenvalue weighted by Gasteiger charge is 2.03. The third-order valence-corrected chi connectivity index (χ3v) is 4.35. The minimum Gasteiger partial charge on any atom is -0.385 e. The number of aromatic nitrogens is 1. The standard InChI is InChI=1S/C20H23N3O2/c24-20(23-25)12-9-15-7-10-17(11-8-15)21-13-3-4-16-14-22-19-6-2-1-5-18(16)19/h1-2,5-8,10-11,14,21-22,25H,3-4,9,12-13H2,(H,23,24). The molecule has 0 fully saturated rings. The summed E-state index contributed by atoms with van der Waals surface area (Å²) in [4.78, 5) is 14.3. The van der Waals surface area contributed by atoms with Gasteiger partial charge in [-0.05, 0) is 48.6 Å². The van der Waals surface area contributed by atoms with Gasteiger partial charge in [-0.25, -0.2) is 5.48 Å². The Hall–Kier alpha value is -2.79. The highest BCUT2D eigenvalue weighted by molar-refractivity contribution is 5.83. The smallest absolute Gasteiger partial charge is 0.243 e. The average molecular weight is 337 g/mol. The molecule has 0 aliphatic heterocycles. The van der Waals surface area contributed by atoms with E-state index in [0.717, 1.165) is 30.6 Å². The van der Waals surface area contributed by atoms with Crippen molar-refractivity contribution in [3.63, 3.8) is 0 Å². The monoisotopic (exact) mass is 337 g/mol. The first-order valence-corrected chi connectivity index (χ1v) is 8.57. The van der Waals surface area contributed by atoms with Crippen molar-refractivity contribution < 1.29 is 10.0 Å². The van der Waals surface area contributed by atoms with E-state index in [9.17, 15) is 4.79 Å². The minimum atomic E-state index is -0.362. The van der Waals surface area contributed by atoms with Crippen molar-refractivity contribution >= 4 is 22.5 Å². The molecule has 0 aliphatic rings. The van der Waals surface area contributed by atoms with Gasteiger partial charge in [0.2, 0.25) is 5.91 Å². The summed E-state index contributed by atoms with van der Waals surface area (Å²) in [6, 6.07) is 16.4. The Balaban J connectivity index is 1.43. The Morgan fingerprint density at radius 2 is 1.84 bits per heavy atom. The van der Waals surface area contributed by atoms with Gasteiger partial charge >= 0.3 is 0 Å². The molecule has 0 spiro atoms. The van der Waals surface area contributed by atoms with Crippen LogP contribution < -0.4 is 10.8 Å². The van der Waals surface area contributed by atoms with Crippen molar-refractivity contribution in [1.82, 2.24) is 10.5 Å². The SMILES string of the molecule is O=C(CCc1ccc(NCCCc2c[nH]c3ccccc23)cc1)NO. The first-order valence-electron chi connectivity index (χ1n) is 8.57. The average Bonchev–Trinajstić information content (AvgIpc) is 3.07. The zero-order chi connectivity index (χ0) is 17.5. The second-order valence-corrected chi connectivity index (χ2v) is 6.12. The van der Waals surface area contributed by atoms with E-state index >= 15 is 0 Å². The Morgan fingerprint density at radius 3 is 2.64 bits per heavy atom. The summed E-state index contributed by atoms with van der Waals surface area (Å²) in [5.74, 6) is -0.362. The van der Waals surface area contributed by atoms with Gasteiger partial charge in [0, 0.05) is 35.8 Å². The number of nitrogens with one attached hydrogen (secondary N) is 3. The van der Waals surface area contributed by atoms with E-state index in [-0.39, 0.29) is 12.3 Å². The molecular weight excluding hydrogens is 314 g/mol. The lowest BCUT2D eigenvalue weighted by atomic mass is 10.1. The normalized spacial score (nSPS) is 10.8. The van der Waals surface area contributed by atoms with E-state index in [1.54, 1.807) is 5.48 Å². The van der Waals surface area contributed by atoms with Crippen LogP contribution in [0.15, 0.2) is 54.7 Å². The maximum Gasteiger partial charge on any atom is 0.243 e. The van der Waals surface area contributed by atoms with Crippen LogP contribution in [0.25, 0.3) is 10.9 Å². The number of hydrogen-bond acceptors (Lipinski definition) is 3. The van der Waals surface area contributed by atoms with Gasteiger partial charge in [0.1, 0.15) is 0 Å².